The van der Waals surface area contributed by atoms with E-state index in [0.29, 0.717) is 6.04 Å². The van der Waals surface area contributed by atoms with Crippen molar-refractivity contribution in [3.63, 3.8) is 0 Å². The van der Waals surface area contributed by atoms with Crippen molar-refractivity contribution in [1.82, 2.24) is 10.3 Å². The molecule has 1 fully saturated rings. The van der Waals surface area contributed by atoms with Crippen molar-refractivity contribution >= 4 is 22.9 Å². The predicted molar refractivity (Wildman–Crippen MR) is 74.6 cm³/mol. The maximum absolute atomic E-state index is 5.87. The van der Waals surface area contributed by atoms with Crippen molar-refractivity contribution in [2.24, 2.45) is 5.92 Å². The molecular formula is C13H21ClN2S. The number of rotatable bonds is 4. The lowest BCUT2D eigenvalue weighted by molar-refractivity contribution is 0.336. The van der Waals surface area contributed by atoms with Gasteiger partial charge in [-0.2, -0.15) is 0 Å². The average Bonchev–Trinajstić information content (AvgIpc) is 2.58. The summed E-state index contributed by atoms with van der Waals surface area (Å²) in [6.45, 7) is 3.17. The summed E-state index contributed by atoms with van der Waals surface area (Å²) in [5, 5.41) is 4.69. The van der Waals surface area contributed by atoms with Crippen LogP contribution in [0.3, 0.4) is 0 Å². The maximum atomic E-state index is 5.87. The molecule has 1 atom stereocenters. The first-order chi connectivity index (χ1) is 8.25. The van der Waals surface area contributed by atoms with Crippen molar-refractivity contribution in [3.05, 3.63) is 15.5 Å². The standard InChI is InChI=1S/C13H21ClN2S/c1-10(11-6-4-2-3-5-7-11)15-9-13-16-8-12(14)17-13/h8,10-11,15H,2-7,9H2,1H3/t10-/m0/s1. The molecule has 1 aliphatic carbocycles. The van der Waals surface area contributed by atoms with Crippen LogP contribution in [-0.4, -0.2) is 11.0 Å². The quantitative estimate of drug-likeness (QED) is 0.829. The van der Waals surface area contributed by atoms with Gasteiger partial charge in [0.15, 0.2) is 0 Å². The molecule has 1 aromatic rings. The monoisotopic (exact) mass is 272 g/mol. The molecule has 17 heavy (non-hydrogen) atoms. The van der Waals surface area contributed by atoms with Gasteiger partial charge in [-0.05, 0) is 25.7 Å². The van der Waals surface area contributed by atoms with Gasteiger partial charge >= 0.3 is 0 Å². The number of halogens is 1. The number of nitrogens with one attached hydrogen (secondary N) is 1. The summed E-state index contributed by atoms with van der Waals surface area (Å²) in [5.41, 5.74) is 0. The van der Waals surface area contributed by atoms with Crippen LogP contribution in [0.5, 0.6) is 0 Å². The fraction of sp³-hybridized carbons (Fsp3) is 0.769. The smallest absolute Gasteiger partial charge is 0.113 e. The molecule has 2 rings (SSSR count). The van der Waals surface area contributed by atoms with E-state index in [-0.39, 0.29) is 0 Å². The summed E-state index contributed by atoms with van der Waals surface area (Å²) in [7, 11) is 0. The van der Waals surface area contributed by atoms with E-state index >= 15 is 0 Å². The summed E-state index contributed by atoms with van der Waals surface area (Å²) >= 11 is 7.45. The molecule has 96 valence electrons. The van der Waals surface area contributed by atoms with E-state index in [0.717, 1.165) is 21.8 Å². The number of aromatic nitrogens is 1. The van der Waals surface area contributed by atoms with E-state index in [9.17, 15) is 0 Å². The van der Waals surface area contributed by atoms with Gasteiger partial charge < -0.3 is 5.32 Å². The summed E-state index contributed by atoms with van der Waals surface area (Å²) in [6.07, 6.45) is 10.1. The van der Waals surface area contributed by atoms with Crippen LogP contribution in [0.2, 0.25) is 4.34 Å². The molecule has 0 amide bonds. The van der Waals surface area contributed by atoms with Crippen LogP contribution in [-0.2, 0) is 6.54 Å². The fourth-order valence-electron chi connectivity index (χ4n) is 2.60. The summed E-state index contributed by atoms with van der Waals surface area (Å²) in [6, 6.07) is 0.593. The Labute approximate surface area is 113 Å². The van der Waals surface area contributed by atoms with Gasteiger partial charge in [-0.1, -0.05) is 37.3 Å². The summed E-state index contributed by atoms with van der Waals surface area (Å²) in [5.74, 6) is 0.841. The van der Waals surface area contributed by atoms with Gasteiger partial charge in [-0.3, -0.25) is 0 Å². The van der Waals surface area contributed by atoms with E-state index in [4.69, 9.17) is 11.6 Å². The zero-order chi connectivity index (χ0) is 12.1. The summed E-state index contributed by atoms with van der Waals surface area (Å²) in [4.78, 5) is 4.28. The van der Waals surface area contributed by atoms with Crippen LogP contribution in [0, 0.1) is 5.92 Å². The molecule has 2 nitrogen and oxygen atoms in total. The number of thiazole rings is 1. The normalized spacial score (nSPS) is 20.1. The summed E-state index contributed by atoms with van der Waals surface area (Å²) < 4.78 is 0.781. The van der Waals surface area contributed by atoms with Crippen LogP contribution in [0.25, 0.3) is 0 Å². The van der Waals surface area contributed by atoms with Crippen molar-refractivity contribution in [2.75, 3.05) is 0 Å². The van der Waals surface area contributed by atoms with Crippen molar-refractivity contribution < 1.29 is 0 Å². The Balaban J connectivity index is 1.77. The minimum atomic E-state index is 0.593. The highest BCUT2D eigenvalue weighted by Gasteiger charge is 2.18. The first-order valence-corrected chi connectivity index (χ1v) is 7.79. The number of hydrogen-bond donors (Lipinski definition) is 1. The van der Waals surface area contributed by atoms with E-state index in [1.165, 1.54) is 38.5 Å². The van der Waals surface area contributed by atoms with E-state index in [2.05, 4.69) is 17.2 Å². The number of hydrogen-bond acceptors (Lipinski definition) is 3. The van der Waals surface area contributed by atoms with Gasteiger partial charge in [0.05, 0.1) is 6.20 Å². The van der Waals surface area contributed by atoms with Crippen molar-refractivity contribution in [2.45, 2.75) is 58.0 Å². The average molecular weight is 273 g/mol. The van der Waals surface area contributed by atoms with E-state index in [1.54, 1.807) is 17.5 Å². The zero-order valence-electron chi connectivity index (χ0n) is 10.4. The second-order valence-electron chi connectivity index (χ2n) is 4.98. The van der Waals surface area contributed by atoms with Crippen LogP contribution in [0.1, 0.15) is 50.5 Å². The molecule has 1 heterocycles. The van der Waals surface area contributed by atoms with Gasteiger partial charge in [0.1, 0.15) is 9.34 Å². The first-order valence-electron chi connectivity index (χ1n) is 6.59. The molecule has 0 saturated heterocycles. The topological polar surface area (TPSA) is 24.9 Å². The molecule has 0 radical (unpaired) electrons. The Bertz CT molecular complexity index is 332. The molecule has 4 heteroatoms. The lowest BCUT2D eigenvalue weighted by atomic mass is 9.93. The SMILES string of the molecule is C[C@H](NCc1ncc(Cl)s1)C1CCCCCC1. The van der Waals surface area contributed by atoms with Gasteiger partial charge in [0.2, 0.25) is 0 Å². The highest BCUT2D eigenvalue weighted by Crippen LogP contribution is 2.26. The molecule has 1 N–H and O–H groups in total. The van der Waals surface area contributed by atoms with Crippen LogP contribution < -0.4 is 5.32 Å². The van der Waals surface area contributed by atoms with Crippen LogP contribution in [0.4, 0.5) is 0 Å². The second-order valence-corrected chi connectivity index (χ2v) is 6.73. The van der Waals surface area contributed by atoms with Crippen molar-refractivity contribution in [3.8, 4) is 0 Å². The third kappa shape index (κ3) is 4.23. The predicted octanol–water partition coefficient (Wildman–Crippen LogP) is 4.25. The van der Waals surface area contributed by atoms with Crippen molar-refractivity contribution in [1.29, 1.82) is 0 Å². The van der Waals surface area contributed by atoms with Gasteiger partial charge in [0.25, 0.3) is 0 Å². The highest BCUT2D eigenvalue weighted by molar-refractivity contribution is 7.15. The minimum absolute atomic E-state index is 0.593. The molecule has 1 saturated carbocycles. The Hall–Kier alpha value is -0.120. The Morgan fingerprint density at radius 2 is 2.12 bits per heavy atom. The minimum Gasteiger partial charge on any atom is -0.308 e. The van der Waals surface area contributed by atoms with Gasteiger partial charge in [0, 0.05) is 12.6 Å². The van der Waals surface area contributed by atoms with Crippen LogP contribution >= 0.6 is 22.9 Å². The van der Waals surface area contributed by atoms with Crippen LogP contribution in [0.15, 0.2) is 6.20 Å². The molecule has 1 aliphatic rings. The Kier molecular flexibility index (Phi) is 5.26. The second kappa shape index (κ2) is 6.72. The van der Waals surface area contributed by atoms with Gasteiger partial charge in [-0.25, -0.2) is 4.98 Å². The van der Waals surface area contributed by atoms with E-state index in [1.807, 2.05) is 0 Å². The molecule has 0 aromatic carbocycles. The largest absolute Gasteiger partial charge is 0.308 e. The number of nitrogens with zero attached hydrogens (tertiary/aromatic N) is 1. The molecule has 0 aliphatic heterocycles. The first kappa shape index (κ1) is 13.3. The van der Waals surface area contributed by atoms with E-state index < -0.39 is 0 Å². The molecule has 1 aromatic heterocycles. The third-order valence-corrected chi connectivity index (χ3v) is 4.82. The lowest BCUT2D eigenvalue weighted by Crippen LogP contribution is -2.32. The highest BCUT2D eigenvalue weighted by atomic mass is 35.5. The Morgan fingerprint density at radius 3 is 2.71 bits per heavy atom. The molecule has 0 unspecified atom stereocenters. The third-order valence-electron chi connectivity index (χ3n) is 3.71. The molecule has 0 spiro atoms. The molecule has 0 bridgehead atoms. The Morgan fingerprint density at radius 1 is 1.41 bits per heavy atom. The van der Waals surface area contributed by atoms with Gasteiger partial charge in [-0.15, -0.1) is 11.3 Å². The zero-order valence-corrected chi connectivity index (χ0v) is 12.0. The molecular weight excluding hydrogens is 252 g/mol. The maximum Gasteiger partial charge on any atom is 0.113 e. The lowest BCUT2D eigenvalue weighted by Gasteiger charge is -2.23. The fourth-order valence-corrected chi connectivity index (χ4v) is 3.50.